The van der Waals surface area contributed by atoms with Crippen molar-refractivity contribution in [3.63, 3.8) is 0 Å². The lowest BCUT2D eigenvalue weighted by Crippen LogP contribution is -2.75. The molecule has 0 aromatic heterocycles. The summed E-state index contributed by atoms with van der Waals surface area (Å²) in [6, 6.07) is 0. The zero-order chi connectivity index (χ0) is 4.12. The molecule has 6 heteroatoms. The van der Waals surface area contributed by atoms with Crippen molar-refractivity contribution >= 4 is 56.8 Å². The lowest BCUT2D eigenvalue weighted by molar-refractivity contribution is -0.324. The average Bonchev–Trinajstić information content (AvgIpc) is 1.41. The van der Waals surface area contributed by atoms with Gasteiger partial charge in [-0.25, -0.2) is 0 Å². The van der Waals surface area contributed by atoms with Gasteiger partial charge < -0.3 is 17.5 Å². The lowest BCUT2D eigenvalue weighted by Gasteiger charge is -1.82. The number of halogens is 2. The van der Waals surface area contributed by atoms with Gasteiger partial charge in [0.2, 0.25) is 0 Å². The molecule has 2 nitrogen and oxygen atoms in total. The number of hydrogen-bond acceptors (Lipinski definition) is 3. The molecule has 0 unspecified atom stereocenters. The van der Waals surface area contributed by atoms with Crippen molar-refractivity contribution in [2.45, 2.75) is 0 Å². The number of nitrogens with two attached hydrogens (primary N) is 1. The van der Waals surface area contributed by atoms with Gasteiger partial charge >= 0.3 is 0 Å². The first-order valence-electron chi connectivity index (χ1n) is 1.03. The minimum atomic E-state index is 0. The van der Waals surface area contributed by atoms with Gasteiger partial charge in [-0.3, -0.25) is 0 Å². The molecule has 2 N–H and O–H groups in total. The number of rotatable bonds is 1. The zero-order valence-electron chi connectivity index (χ0n) is 3.27. The highest BCUT2D eigenvalue weighted by Gasteiger charge is 1.45. The van der Waals surface area contributed by atoms with E-state index in [4.69, 9.17) is 0 Å². The van der Waals surface area contributed by atoms with Crippen molar-refractivity contribution in [1.82, 2.24) is 0 Å². The smallest absolute Gasteiger partial charge is 0.175 e. The fourth-order valence-electron chi connectivity index (χ4n) is 0.0272. The number of hydrogen-bond donors (Lipinski definition) is 2. The van der Waals surface area contributed by atoms with Crippen LogP contribution in [0.3, 0.4) is 0 Å². The molecule has 0 aliphatic rings. The molecule has 0 radical (unpaired) electrons. The molecule has 0 aromatic carbocycles. The van der Waals surface area contributed by atoms with Crippen LogP contribution in [0.25, 0.3) is 0 Å². The van der Waals surface area contributed by atoms with Gasteiger partial charge in [-0.15, -0.1) is 24.8 Å². The normalized spacial score (nSPS) is 7.14. The molecule has 0 bridgehead atoms. The predicted octanol–water partition coefficient (Wildman–Crippen LogP) is -0.272. The minimum Gasteiger partial charge on any atom is -0.491 e. The first-order chi connectivity index (χ1) is 2.41. The fourth-order valence-corrected chi connectivity index (χ4v) is 0.245. The van der Waals surface area contributed by atoms with Crippen LogP contribution in [0.4, 0.5) is 0 Å². The van der Waals surface area contributed by atoms with Gasteiger partial charge in [0, 0.05) is 0 Å². The molecular formula is CH6Cl2N2S2. The topological polar surface area (TPSA) is 29.0 Å². The van der Waals surface area contributed by atoms with Crippen LogP contribution in [-0.2, 0) is 12.8 Å². The Bertz CT molecular complexity index is 40.7. The van der Waals surface area contributed by atoms with E-state index in [-0.39, 0.29) is 24.8 Å². The van der Waals surface area contributed by atoms with Crippen molar-refractivity contribution in [3.05, 3.63) is 0 Å². The molecule has 0 aliphatic heterocycles. The third-order valence-corrected chi connectivity index (χ3v) is 0.383. The summed E-state index contributed by atoms with van der Waals surface area (Å²) in [6.45, 7) is 0. The summed E-state index contributed by atoms with van der Waals surface area (Å²) in [7, 11) is 0. The number of quaternary nitrogens is 1. The van der Waals surface area contributed by atoms with E-state index >= 15 is 0 Å². The summed E-state index contributed by atoms with van der Waals surface area (Å²) in [5.74, 6) is 0. The van der Waals surface area contributed by atoms with Gasteiger partial charge in [-0.2, -0.15) is 4.40 Å². The van der Waals surface area contributed by atoms with Crippen molar-refractivity contribution < 1.29 is 4.72 Å². The largest absolute Gasteiger partial charge is 0.491 e. The first kappa shape index (κ1) is 15.7. The molecule has 0 amide bonds. The van der Waals surface area contributed by atoms with Gasteiger partial charge in [0.15, 0.2) is 6.34 Å². The van der Waals surface area contributed by atoms with Gasteiger partial charge in [-0.05, 0) is 12.8 Å². The monoisotopic (exact) mass is 180 g/mol. The van der Waals surface area contributed by atoms with Crippen LogP contribution in [0.2, 0.25) is 0 Å². The van der Waals surface area contributed by atoms with Crippen molar-refractivity contribution in [3.8, 4) is 0 Å². The van der Waals surface area contributed by atoms with E-state index in [9.17, 15) is 0 Å². The maximum Gasteiger partial charge on any atom is 0.175 e. The van der Waals surface area contributed by atoms with Gasteiger partial charge in [0.1, 0.15) is 0 Å². The van der Waals surface area contributed by atoms with Crippen LogP contribution in [0.5, 0.6) is 0 Å². The summed E-state index contributed by atoms with van der Waals surface area (Å²) in [6.07, 6.45) is 1.43. The molecule has 46 valence electrons. The third-order valence-electron chi connectivity index (χ3n) is 0.128. The Morgan fingerprint density at radius 1 is 1.57 bits per heavy atom. The molecule has 0 rings (SSSR count). The van der Waals surface area contributed by atoms with Crippen LogP contribution < -0.4 is 4.72 Å². The second-order valence-corrected chi connectivity index (χ2v) is 0.904. The Morgan fingerprint density at radius 2 is 2.00 bits per heavy atom. The van der Waals surface area contributed by atoms with Gasteiger partial charge in [-0.1, -0.05) is 0 Å². The minimum absolute atomic E-state index is 0. The summed E-state index contributed by atoms with van der Waals surface area (Å²) in [5, 5.41) is 0. The Morgan fingerprint density at radius 3 is 2.00 bits per heavy atom. The van der Waals surface area contributed by atoms with Crippen LogP contribution in [0.1, 0.15) is 0 Å². The van der Waals surface area contributed by atoms with E-state index in [1.807, 2.05) is 0 Å². The standard InChI is InChI=1S/CH4N2S2.2ClH/c4-2-1-3-5;;/h1,5H,2H2;2*1H/b3-1+;;. The number of thiol groups is 1. The van der Waals surface area contributed by atoms with Crippen molar-refractivity contribution in [2.24, 2.45) is 4.40 Å². The van der Waals surface area contributed by atoms with Crippen LogP contribution in [0.15, 0.2) is 4.40 Å². The highest BCUT2D eigenvalue weighted by atomic mass is 35.5. The lowest BCUT2D eigenvalue weighted by atomic mass is 11.4. The molecule has 0 aliphatic carbocycles. The molecule has 0 heterocycles. The average molecular weight is 181 g/mol. The van der Waals surface area contributed by atoms with E-state index in [1.165, 1.54) is 11.1 Å². The summed E-state index contributed by atoms with van der Waals surface area (Å²) < 4.78 is 4.66. The summed E-state index contributed by atoms with van der Waals surface area (Å²) in [4.78, 5) is 0. The highest BCUT2D eigenvalue weighted by Crippen LogP contribution is 1.58. The molecular weight excluding hydrogens is 175 g/mol. The maximum atomic E-state index is 4.33. The predicted molar refractivity (Wildman–Crippen MR) is 41.3 cm³/mol. The Kier molecular flexibility index (Phi) is 35.3. The van der Waals surface area contributed by atoms with Crippen LogP contribution >= 0.6 is 37.6 Å². The Hall–Kier alpha value is 0.910. The molecule has 0 atom stereocenters. The van der Waals surface area contributed by atoms with Gasteiger partial charge in [0.25, 0.3) is 0 Å². The van der Waals surface area contributed by atoms with E-state index in [2.05, 4.69) is 30.0 Å². The molecule has 7 heavy (non-hydrogen) atoms. The van der Waals surface area contributed by atoms with Gasteiger partial charge in [0.05, 0.1) is 0 Å². The van der Waals surface area contributed by atoms with E-state index < -0.39 is 0 Å². The Labute approximate surface area is 66.1 Å². The second-order valence-electron chi connectivity index (χ2n) is 0.401. The first-order valence-corrected chi connectivity index (χ1v) is 1.90. The second kappa shape index (κ2) is 15.8. The zero-order valence-corrected chi connectivity index (χ0v) is 6.62. The molecule has 0 saturated carbocycles. The van der Waals surface area contributed by atoms with Crippen LogP contribution in [0, 0.1) is 0 Å². The summed E-state index contributed by atoms with van der Waals surface area (Å²) >= 11 is 7.80. The summed E-state index contributed by atoms with van der Waals surface area (Å²) in [5.41, 5.74) is 0. The molecule has 0 fully saturated rings. The SMILES string of the molecule is Cl.Cl.[S-][NH2+]/C=N/S. The van der Waals surface area contributed by atoms with Crippen LogP contribution in [-0.4, -0.2) is 6.34 Å². The Balaban J connectivity index is -0.0000000800. The molecule has 0 aromatic rings. The third kappa shape index (κ3) is 19.7. The quantitative estimate of drug-likeness (QED) is 0.248. The van der Waals surface area contributed by atoms with E-state index in [0.29, 0.717) is 0 Å². The van der Waals surface area contributed by atoms with Crippen molar-refractivity contribution in [1.29, 1.82) is 0 Å². The molecule has 0 spiro atoms. The van der Waals surface area contributed by atoms with Crippen molar-refractivity contribution in [2.75, 3.05) is 0 Å². The van der Waals surface area contributed by atoms with E-state index in [1.54, 1.807) is 0 Å². The molecule has 0 saturated heterocycles. The maximum absolute atomic E-state index is 4.33. The fraction of sp³-hybridized carbons (Fsp3) is 0. The highest BCUT2D eigenvalue weighted by molar-refractivity contribution is 7.78. The van der Waals surface area contributed by atoms with E-state index in [0.717, 1.165) is 0 Å². The number of nitrogens with zero attached hydrogens (tertiary/aromatic N) is 1.